The van der Waals surface area contributed by atoms with E-state index in [0.29, 0.717) is 12.8 Å². The molecule has 1 saturated heterocycles. The van der Waals surface area contributed by atoms with Crippen molar-refractivity contribution in [1.82, 2.24) is 9.80 Å². The molecular formula is C23H24N2O2S. The van der Waals surface area contributed by atoms with Crippen LogP contribution in [0, 0.1) is 0 Å². The van der Waals surface area contributed by atoms with Crippen LogP contribution in [0.25, 0.3) is 10.8 Å². The number of nitrogens with zero attached hydrogens (tertiary/aromatic N) is 2. The zero-order valence-electron chi connectivity index (χ0n) is 15.8. The third-order valence-electron chi connectivity index (χ3n) is 5.36. The van der Waals surface area contributed by atoms with Crippen LogP contribution in [0.3, 0.4) is 0 Å². The van der Waals surface area contributed by atoms with Crippen molar-refractivity contribution in [2.24, 2.45) is 0 Å². The van der Waals surface area contributed by atoms with Gasteiger partial charge in [0.05, 0.1) is 4.88 Å². The monoisotopic (exact) mass is 392 g/mol. The molecule has 3 aromatic rings. The maximum atomic E-state index is 12.5. The molecule has 1 aliphatic rings. The minimum Gasteiger partial charge on any atom is -0.340 e. The van der Waals surface area contributed by atoms with Gasteiger partial charge in [0.1, 0.15) is 0 Å². The molecule has 4 nitrogen and oxygen atoms in total. The number of hydrogen-bond donors (Lipinski definition) is 0. The summed E-state index contributed by atoms with van der Waals surface area (Å²) in [6.45, 7) is 4.11. The van der Waals surface area contributed by atoms with E-state index in [1.807, 2.05) is 22.4 Å². The highest BCUT2D eigenvalue weighted by molar-refractivity contribution is 7.12. The summed E-state index contributed by atoms with van der Waals surface area (Å²) >= 11 is 1.44. The zero-order valence-corrected chi connectivity index (χ0v) is 16.7. The predicted octanol–water partition coefficient (Wildman–Crippen LogP) is 4.21. The van der Waals surface area contributed by atoms with Gasteiger partial charge in [0.2, 0.25) is 5.91 Å². The number of Topliss-reactive ketones (excluding diaryl/α,β-unsaturated/α-hetero) is 1. The average Bonchev–Trinajstić information content (AvgIpc) is 3.28. The second kappa shape index (κ2) is 8.67. The Kier molecular flexibility index (Phi) is 5.84. The third kappa shape index (κ3) is 4.32. The summed E-state index contributed by atoms with van der Waals surface area (Å²) in [7, 11) is 0. The van der Waals surface area contributed by atoms with Crippen molar-refractivity contribution in [1.29, 1.82) is 0 Å². The van der Waals surface area contributed by atoms with Crippen LogP contribution < -0.4 is 0 Å². The minimum atomic E-state index is 0.0675. The Morgan fingerprint density at radius 3 is 2.43 bits per heavy atom. The van der Waals surface area contributed by atoms with Gasteiger partial charge in [-0.15, -0.1) is 11.3 Å². The topological polar surface area (TPSA) is 40.6 Å². The normalized spacial score (nSPS) is 15.1. The van der Waals surface area contributed by atoms with E-state index in [2.05, 4.69) is 47.4 Å². The van der Waals surface area contributed by atoms with Crippen molar-refractivity contribution in [2.75, 3.05) is 26.2 Å². The Morgan fingerprint density at radius 2 is 1.64 bits per heavy atom. The lowest BCUT2D eigenvalue weighted by Crippen LogP contribution is -2.48. The highest BCUT2D eigenvalue weighted by atomic mass is 32.1. The number of fused-ring (bicyclic) bond motifs is 1. The molecule has 0 radical (unpaired) electrons. The molecule has 144 valence electrons. The molecule has 2 heterocycles. The number of benzene rings is 2. The first-order valence-electron chi connectivity index (χ1n) is 9.74. The van der Waals surface area contributed by atoms with Crippen molar-refractivity contribution in [3.63, 3.8) is 0 Å². The Morgan fingerprint density at radius 1 is 0.857 bits per heavy atom. The van der Waals surface area contributed by atoms with E-state index in [0.717, 1.165) is 37.6 Å². The number of thiophene rings is 1. The van der Waals surface area contributed by atoms with Crippen molar-refractivity contribution in [3.05, 3.63) is 70.4 Å². The molecule has 1 fully saturated rings. The van der Waals surface area contributed by atoms with E-state index in [9.17, 15) is 9.59 Å². The minimum absolute atomic E-state index is 0.0675. The average molecular weight is 393 g/mol. The maximum Gasteiger partial charge on any atom is 0.223 e. The molecule has 0 spiro atoms. The highest BCUT2D eigenvalue weighted by Gasteiger charge is 2.22. The summed E-state index contributed by atoms with van der Waals surface area (Å²) in [5, 5.41) is 4.46. The zero-order chi connectivity index (χ0) is 19.3. The molecule has 2 aromatic carbocycles. The van der Waals surface area contributed by atoms with Gasteiger partial charge in [-0.25, -0.2) is 0 Å². The molecule has 0 N–H and O–H groups in total. The second-order valence-corrected chi connectivity index (χ2v) is 8.14. The summed E-state index contributed by atoms with van der Waals surface area (Å²) in [6.07, 6.45) is 0.607. The summed E-state index contributed by atoms with van der Waals surface area (Å²) in [5.41, 5.74) is 1.33. The van der Waals surface area contributed by atoms with Crippen molar-refractivity contribution < 1.29 is 9.59 Å². The lowest BCUT2D eigenvalue weighted by Gasteiger charge is -2.35. The van der Waals surface area contributed by atoms with Gasteiger partial charge < -0.3 is 4.90 Å². The number of amides is 1. The molecule has 0 bridgehead atoms. The van der Waals surface area contributed by atoms with Crippen LogP contribution in [0.5, 0.6) is 0 Å². The molecule has 1 aromatic heterocycles. The first-order chi connectivity index (χ1) is 13.7. The Labute approximate surface area is 169 Å². The molecule has 0 saturated carbocycles. The molecule has 0 aliphatic carbocycles. The quantitative estimate of drug-likeness (QED) is 0.590. The van der Waals surface area contributed by atoms with Gasteiger partial charge in [-0.1, -0.05) is 48.5 Å². The summed E-state index contributed by atoms with van der Waals surface area (Å²) in [5.74, 6) is 0.160. The Hall–Kier alpha value is -2.50. The molecule has 5 heteroatoms. The SMILES string of the molecule is O=C(CCC(=O)N1CCN(Cc2cccc3ccccc23)CC1)c1cccs1. The van der Waals surface area contributed by atoms with Crippen LogP contribution in [0.1, 0.15) is 28.1 Å². The fraction of sp³-hybridized carbons (Fsp3) is 0.304. The molecular weight excluding hydrogens is 368 g/mol. The smallest absolute Gasteiger partial charge is 0.223 e. The van der Waals surface area contributed by atoms with Gasteiger partial charge in [0, 0.05) is 45.6 Å². The molecule has 1 aliphatic heterocycles. The van der Waals surface area contributed by atoms with Crippen LogP contribution in [0.15, 0.2) is 60.0 Å². The Bertz CT molecular complexity index is 954. The van der Waals surface area contributed by atoms with Crippen molar-refractivity contribution in [2.45, 2.75) is 19.4 Å². The fourth-order valence-corrected chi connectivity index (χ4v) is 4.46. The molecule has 0 unspecified atom stereocenters. The Balaban J connectivity index is 1.28. The van der Waals surface area contributed by atoms with Gasteiger partial charge in [0.15, 0.2) is 5.78 Å². The summed E-state index contributed by atoms with van der Waals surface area (Å²) < 4.78 is 0. The van der Waals surface area contributed by atoms with E-state index in [4.69, 9.17) is 0 Å². The van der Waals surface area contributed by atoms with Gasteiger partial charge >= 0.3 is 0 Å². The van der Waals surface area contributed by atoms with Crippen LogP contribution in [0.2, 0.25) is 0 Å². The van der Waals surface area contributed by atoms with Gasteiger partial charge in [-0.2, -0.15) is 0 Å². The fourth-order valence-electron chi connectivity index (χ4n) is 3.77. The summed E-state index contributed by atoms with van der Waals surface area (Å²) in [6, 6.07) is 18.6. The molecule has 4 rings (SSSR count). The largest absolute Gasteiger partial charge is 0.340 e. The van der Waals surface area contributed by atoms with Gasteiger partial charge in [0.25, 0.3) is 0 Å². The van der Waals surface area contributed by atoms with E-state index in [1.54, 1.807) is 0 Å². The molecule has 1 amide bonds. The number of ketones is 1. The standard InChI is InChI=1S/C23H24N2O2S/c26-21(22-9-4-16-28-22)10-11-23(27)25-14-12-24(13-15-25)17-19-7-3-6-18-5-1-2-8-20(18)19/h1-9,16H,10-15,17H2. The van der Waals surface area contributed by atoms with Crippen molar-refractivity contribution in [3.8, 4) is 0 Å². The lowest BCUT2D eigenvalue weighted by molar-refractivity contribution is -0.132. The highest BCUT2D eigenvalue weighted by Crippen LogP contribution is 2.21. The summed E-state index contributed by atoms with van der Waals surface area (Å²) in [4.78, 5) is 29.6. The van der Waals surface area contributed by atoms with Crippen LogP contribution in [-0.4, -0.2) is 47.7 Å². The first kappa shape index (κ1) is 18.8. The molecule has 0 atom stereocenters. The van der Waals surface area contributed by atoms with E-state index in [1.165, 1.54) is 27.7 Å². The number of piperazine rings is 1. The lowest BCUT2D eigenvalue weighted by atomic mass is 10.0. The van der Waals surface area contributed by atoms with Crippen LogP contribution in [0.4, 0.5) is 0 Å². The number of hydrogen-bond acceptors (Lipinski definition) is 4. The van der Waals surface area contributed by atoms with E-state index >= 15 is 0 Å². The second-order valence-electron chi connectivity index (χ2n) is 7.20. The first-order valence-corrected chi connectivity index (χ1v) is 10.6. The predicted molar refractivity (Wildman–Crippen MR) is 114 cm³/mol. The van der Waals surface area contributed by atoms with Crippen LogP contribution >= 0.6 is 11.3 Å². The van der Waals surface area contributed by atoms with E-state index < -0.39 is 0 Å². The van der Waals surface area contributed by atoms with Gasteiger partial charge in [-0.3, -0.25) is 14.5 Å². The number of carbonyl (C=O) groups excluding carboxylic acids is 2. The van der Waals surface area contributed by atoms with Crippen molar-refractivity contribution >= 4 is 33.8 Å². The molecule has 28 heavy (non-hydrogen) atoms. The third-order valence-corrected chi connectivity index (χ3v) is 6.27. The van der Waals surface area contributed by atoms with Gasteiger partial charge in [-0.05, 0) is 27.8 Å². The maximum absolute atomic E-state index is 12.5. The number of carbonyl (C=O) groups is 2. The van der Waals surface area contributed by atoms with Crippen LogP contribution in [-0.2, 0) is 11.3 Å². The number of rotatable bonds is 6. The van der Waals surface area contributed by atoms with E-state index in [-0.39, 0.29) is 11.7 Å².